The number of ether oxygens (including phenoxy) is 8. The first kappa shape index (κ1) is 36.6. The second kappa shape index (κ2) is 13.6. The number of fused-ring (bicyclic) bond motifs is 3. The number of hydrogen-bond acceptors (Lipinski definition) is 16. The van der Waals surface area contributed by atoms with Crippen LogP contribution in [0.15, 0.2) is 0 Å². The van der Waals surface area contributed by atoms with Crippen LogP contribution in [0.2, 0.25) is 0 Å². The first-order valence-electron chi connectivity index (χ1n) is 12.6. The Labute approximate surface area is 260 Å². The van der Waals surface area contributed by atoms with Crippen molar-refractivity contribution in [3.63, 3.8) is 0 Å². The number of hydrogen-bond donors (Lipinski definition) is 2. The van der Waals surface area contributed by atoms with Crippen molar-refractivity contribution in [1.82, 2.24) is 0 Å². The van der Waals surface area contributed by atoms with E-state index >= 15 is 0 Å². The van der Waals surface area contributed by atoms with Gasteiger partial charge in [0.05, 0.1) is 14.2 Å². The van der Waals surface area contributed by atoms with Gasteiger partial charge in [-0.25, -0.2) is 4.79 Å². The van der Waals surface area contributed by atoms with Crippen LogP contribution in [-0.2, 0) is 19.1 Å². The highest BCUT2D eigenvalue weighted by Crippen LogP contribution is 2.56. The lowest BCUT2D eigenvalue weighted by molar-refractivity contribution is -0.187. The molecule has 5 rings (SSSR count). The van der Waals surface area contributed by atoms with Crippen LogP contribution in [-0.4, -0.2) is 78.9 Å². The van der Waals surface area contributed by atoms with Crippen molar-refractivity contribution in [2.24, 2.45) is 0 Å². The smallest absolute Gasteiger partial charge is 0.393 e. The lowest BCUT2D eigenvalue weighted by Crippen LogP contribution is -2.49. The first-order valence-corrected chi connectivity index (χ1v) is 12.6. The average molecular weight is 655 g/mol. The number of carbonyl (C=O) groups is 6. The molecule has 0 aliphatic carbocycles. The molecule has 0 bridgehead atoms. The molecule has 0 radical (unpaired) electrons. The predicted molar refractivity (Wildman–Crippen MR) is 150 cm³/mol. The van der Waals surface area contributed by atoms with Gasteiger partial charge in [-0.1, -0.05) is 7.43 Å². The Bertz CT molecular complexity index is 1540. The molecule has 2 aromatic rings. The van der Waals surface area contributed by atoms with Crippen molar-refractivity contribution in [3.05, 3.63) is 22.3 Å². The number of halogens is 1. The van der Waals surface area contributed by atoms with Gasteiger partial charge in [-0.3, -0.25) is 28.7 Å². The van der Waals surface area contributed by atoms with Crippen molar-refractivity contribution < 1.29 is 81.6 Å². The molecular weight excluding hydrogens is 623 g/mol. The zero-order chi connectivity index (χ0) is 32.7. The molecule has 0 saturated carbocycles. The van der Waals surface area contributed by atoms with E-state index in [1.54, 1.807) is 0 Å². The Hall–Kier alpha value is -5.61. The van der Waals surface area contributed by atoms with Crippen molar-refractivity contribution >= 4 is 35.1 Å². The fourth-order valence-corrected chi connectivity index (χ4v) is 4.67. The van der Waals surface area contributed by atoms with E-state index < -0.39 is 58.8 Å². The van der Waals surface area contributed by atoms with Crippen LogP contribution in [0.1, 0.15) is 83.0 Å². The van der Waals surface area contributed by atoms with Crippen molar-refractivity contribution in [2.75, 3.05) is 27.8 Å². The van der Waals surface area contributed by atoms with Crippen molar-refractivity contribution in [1.29, 1.82) is 0 Å². The maximum absolute atomic E-state index is 12.4. The predicted octanol–water partition coefficient (Wildman–Crippen LogP) is 3.04. The number of benzene rings is 2. The van der Waals surface area contributed by atoms with Crippen LogP contribution >= 0.6 is 0 Å². The Kier molecular flexibility index (Phi) is 10.8. The van der Waals surface area contributed by atoms with Crippen LogP contribution < -0.4 is 28.4 Å². The van der Waals surface area contributed by atoms with E-state index in [1.807, 2.05) is 0 Å². The van der Waals surface area contributed by atoms with E-state index in [9.17, 15) is 39.0 Å². The molecular formula is C29H31FO16. The molecule has 16 nitrogen and oxygen atoms in total. The molecule has 250 valence electrons. The number of ketones is 4. The summed E-state index contributed by atoms with van der Waals surface area (Å²) in [5, 5.41) is 19.4. The fraction of sp³-hybridized carbons (Fsp3) is 0.379. The zero-order valence-electron chi connectivity index (χ0n) is 24.6. The summed E-state index contributed by atoms with van der Waals surface area (Å²) in [6.07, 6.45) is -0.675. The molecule has 3 aliphatic heterocycles. The van der Waals surface area contributed by atoms with E-state index in [1.165, 1.54) is 27.7 Å². The minimum atomic E-state index is -2.26. The van der Waals surface area contributed by atoms with E-state index in [2.05, 4.69) is 9.47 Å². The SMILES string of the molecule is C.CC(=O)c1c(O)c(O)c(C(C)=O)c2c1OCO2.COC(=O)CC1(C(=O)OC)Oc2c(c(C(C)=O)c3c(c2C(C)=O)OCO3)O1.F. The quantitative estimate of drug-likeness (QED) is 0.249. The number of phenolic OH excluding ortho intramolecular Hbond substituents is 2. The summed E-state index contributed by atoms with van der Waals surface area (Å²) in [5.41, 5.74) is -0.503. The summed E-state index contributed by atoms with van der Waals surface area (Å²) in [4.78, 5) is 71.3. The number of carbonyl (C=O) groups excluding carboxylic acids is 6. The molecule has 0 fully saturated rings. The van der Waals surface area contributed by atoms with Crippen LogP contribution in [0.25, 0.3) is 0 Å². The van der Waals surface area contributed by atoms with Gasteiger partial charge in [-0.05, 0) is 27.7 Å². The van der Waals surface area contributed by atoms with E-state index in [0.29, 0.717) is 0 Å². The third kappa shape index (κ3) is 5.90. The molecule has 0 amide bonds. The molecule has 2 N–H and O–H groups in total. The zero-order valence-corrected chi connectivity index (χ0v) is 24.6. The van der Waals surface area contributed by atoms with Crippen molar-refractivity contribution in [3.8, 4) is 46.0 Å². The van der Waals surface area contributed by atoms with Crippen LogP contribution in [0.5, 0.6) is 46.0 Å². The Morgan fingerprint density at radius 1 is 0.609 bits per heavy atom. The third-order valence-electron chi connectivity index (χ3n) is 6.54. The summed E-state index contributed by atoms with van der Waals surface area (Å²) in [7, 11) is 2.19. The van der Waals surface area contributed by atoms with Crippen LogP contribution in [0.4, 0.5) is 4.70 Å². The van der Waals surface area contributed by atoms with E-state index in [-0.39, 0.29) is 82.5 Å². The maximum atomic E-state index is 12.4. The van der Waals surface area contributed by atoms with Gasteiger partial charge in [-0.15, -0.1) is 0 Å². The number of aromatic hydroxyl groups is 2. The molecule has 0 aromatic heterocycles. The molecule has 0 spiro atoms. The van der Waals surface area contributed by atoms with Gasteiger partial charge in [0.1, 0.15) is 28.7 Å². The van der Waals surface area contributed by atoms with E-state index in [4.69, 9.17) is 28.4 Å². The van der Waals surface area contributed by atoms with Gasteiger partial charge in [0.25, 0.3) is 0 Å². The van der Waals surface area contributed by atoms with Crippen molar-refractivity contribution in [2.45, 2.75) is 47.3 Å². The highest BCUT2D eigenvalue weighted by atomic mass is 19.0. The molecule has 3 aliphatic rings. The summed E-state index contributed by atoms with van der Waals surface area (Å²) in [6.45, 7) is 4.54. The molecule has 2 aromatic carbocycles. The lowest BCUT2D eigenvalue weighted by atomic mass is 10.0. The van der Waals surface area contributed by atoms with Crippen LogP contribution in [0.3, 0.4) is 0 Å². The van der Waals surface area contributed by atoms with Gasteiger partial charge in [-0.2, -0.15) is 0 Å². The van der Waals surface area contributed by atoms with Gasteiger partial charge < -0.3 is 48.1 Å². The normalized spacial score (nSPS) is 13.6. The summed E-state index contributed by atoms with van der Waals surface area (Å²) in [5.74, 6) is -7.79. The largest absolute Gasteiger partial charge is 0.504 e. The third-order valence-corrected chi connectivity index (χ3v) is 6.54. The van der Waals surface area contributed by atoms with Gasteiger partial charge in [0.2, 0.25) is 13.6 Å². The average Bonchev–Trinajstić information content (AvgIpc) is 3.70. The molecule has 0 saturated heterocycles. The minimum absolute atomic E-state index is 0. The molecule has 17 heteroatoms. The van der Waals surface area contributed by atoms with E-state index in [0.717, 1.165) is 14.2 Å². The highest BCUT2D eigenvalue weighted by Gasteiger charge is 2.56. The molecule has 46 heavy (non-hydrogen) atoms. The number of phenols is 2. The van der Waals surface area contributed by atoms with Gasteiger partial charge >= 0.3 is 17.7 Å². The molecule has 0 atom stereocenters. The summed E-state index contributed by atoms with van der Waals surface area (Å²) in [6, 6.07) is 0. The summed E-state index contributed by atoms with van der Waals surface area (Å²) >= 11 is 0. The second-order valence-electron chi connectivity index (χ2n) is 9.41. The Balaban J connectivity index is 0.000000336. The highest BCUT2D eigenvalue weighted by molar-refractivity contribution is 6.10. The standard InChI is InChI=1S/C17H16O10.C11H10O6.CH4.FH/c1-7(18)10-12-13(25-6-24-12)11(8(2)19)15-14(10)26-17(27-15,16(21)23-4)5-9(20)22-3;1-4(12)6-8(14)9(15)7(5(2)13)11-10(6)16-3-17-11;;/h5-6H2,1-4H3;14-15H,3H2,1-2H3;1H4;1H. The topological polar surface area (TPSA) is 217 Å². The fourth-order valence-electron chi connectivity index (χ4n) is 4.67. The Morgan fingerprint density at radius 2 is 0.935 bits per heavy atom. The first-order chi connectivity index (χ1) is 20.7. The maximum Gasteiger partial charge on any atom is 0.393 e. The van der Waals surface area contributed by atoms with Gasteiger partial charge in [0.15, 0.2) is 69.1 Å². The second-order valence-corrected chi connectivity index (χ2v) is 9.41. The Morgan fingerprint density at radius 3 is 1.22 bits per heavy atom. The lowest BCUT2D eigenvalue weighted by Gasteiger charge is -2.23. The minimum Gasteiger partial charge on any atom is -0.504 e. The molecule has 0 unspecified atom stereocenters. The molecule has 3 heterocycles. The number of Topliss-reactive ketones (excluding diaryl/α,β-unsaturated/α-hetero) is 4. The van der Waals surface area contributed by atoms with Gasteiger partial charge in [0, 0.05) is 0 Å². The summed E-state index contributed by atoms with van der Waals surface area (Å²) < 4.78 is 41.3. The number of methoxy groups -OCH3 is 2. The number of esters is 2. The monoisotopic (exact) mass is 654 g/mol. The van der Waals surface area contributed by atoms with Crippen LogP contribution in [0, 0.1) is 0 Å². The number of rotatable bonds is 7.